The van der Waals surface area contributed by atoms with E-state index in [0.717, 1.165) is 24.3 Å². The van der Waals surface area contributed by atoms with Gasteiger partial charge in [0.05, 0.1) is 6.10 Å². The van der Waals surface area contributed by atoms with Crippen LogP contribution in [-0.2, 0) is 6.54 Å². The van der Waals surface area contributed by atoms with Gasteiger partial charge in [0.2, 0.25) is 0 Å². The van der Waals surface area contributed by atoms with Crippen LogP contribution in [0.3, 0.4) is 0 Å². The second-order valence-corrected chi connectivity index (χ2v) is 5.47. The number of nitrogens with one attached hydrogen (secondary N) is 1. The van der Waals surface area contributed by atoms with Crippen molar-refractivity contribution < 1.29 is 4.74 Å². The monoisotopic (exact) mass is 233 g/mol. The first-order chi connectivity index (χ1) is 8.13. The molecule has 0 atom stereocenters. The third kappa shape index (κ3) is 3.74. The minimum absolute atomic E-state index is 0.241. The average Bonchev–Trinajstić information content (AvgIpc) is 2.22. The molecule has 0 aromatic heterocycles. The molecule has 2 nitrogen and oxygen atoms in total. The molecule has 1 aromatic carbocycles. The molecule has 2 heteroatoms. The number of hydrogen-bond donors (Lipinski definition) is 1. The van der Waals surface area contributed by atoms with E-state index in [9.17, 15) is 0 Å². The van der Waals surface area contributed by atoms with Gasteiger partial charge < -0.3 is 10.1 Å². The van der Waals surface area contributed by atoms with Crippen molar-refractivity contribution in [2.75, 3.05) is 0 Å². The predicted molar refractivity (Wildman–Crippen MR) is 71.2 cm³/mol. The molecule has 1 N–H and O–H groups in total. The van der Waals surface area contributed by atoms with Crippen molar-refractivity contribution in [1.29, 1.82) is 0 Å². The predicted octanol–water partition coefficient (Wildman–Crippen LogP) is 3.36. The Balaban J connectivity index is 1.83. The normalized spacial score (nSPS) is 23.5. The van der Waals surface area contributed by atoms with E-state index in [1.165, 1.54) is 18.4 Å². The van der Waals surface area contributed by atoms with Crippen LogP contribution in [0.2, 0.25) is 0 Å². The molecule has 2 rings (SSSR count). The molecule has 1 aliphatic carbocycles. The van der Waals surface area contributed by atoms with Crippen LogP contribution in [0.1, 0.15) is 39.2 Å². The first kappa shape index (κ1) is 12.4. The van der Waals surface area contributed by atoms with E-state index < -0.39 is 0 Å². The molecular weight excluding hydrogens is 210 g/mol. The van der Waals surface area contributed by atoms with Gasteiger partial charge >= 0.3 is 0 Å². The van der Waals surface area contributed by atoms with E-state index in [0.29, 0.717) is 0 Å². The lowest BCUT2D eigenvalue weighted by Crippen LogP contribution is -2.39. The topological polar surface area (TPSA) is 21.3 Å². The Kier molecular flexibility index (Phi) is 4.06. The van der Waals surface area contributed by atoms with Crippen molar-refractivity contribution in [2.45, 2.75) is 52.3 Å². The molecule has 0 heterocycles. The third-order valence-electron chi connectivity index (χ3n) is 3.24. The van der Waals surface area contributed by atoms with Crippen LogP contribution >= 0.6 is 0 Å². The van der Waals surface area contributed by atoms with Crippen LogP contribution in [0.4, 0.5) is 0 Å². The second-order valence-electron chi connectivity index (χ2n) is 5.47. The zero-order chi connectivity index (χ0) is 12.3. The minimum Gasteiger partial charge on any atom is -0.491 e. The molecule has 0 radical (unpaired) electrons. The summed E-state index contributed by atoms with van der Waals surface area (Å²) in [5, 5.41) is 3.59. The molecule has 0 spiro atoms. The average molecular weight is 233 g/mol. The first-order valence-corrected chi connectivity index (χ1v) is 6.62. The lowest BCUT2D eigenvalue weighted by molar-refractivity contribution is 0.237. The molecule has 1 aromatic rings. The number of hydrogen-bond acceptors (Lipinski definition) is 2. The lowest BCUT2D eigenvalue weighted by Gasteiger charge is -2.33. The van der Waals surface area contributed by atoms with E-state index in [1.807, 2.05) is 6.07 Å². The highest BCUT2D eigenvalue weighted by atomic mass is 16.5. The second kappa shape index (κ2) is 5.54. The molecule has 1 aliphatic rings. The van der Waals surface area contributed by atoms with Gasteiger partial charge in [0.15, 0.2) is 0 Å². The van der Waals surface area contributed by atoms with E-state index in [2.05, 4.69) is 44.3 Å². The van der Waals surface area contributed by atoms with Crippen molar-refractivity contribution in [2.24, 2.45) is 5.92 Å². The minimum atomic E-state index is 0.241. The van der Waals surface area contributed by atoms with Crippen LogP contribution in [-0.4, -0.2) is 12.1 Å². The van der Waals surface area contributed by atoms with Crippen LogP contribution in [0.5, 0.6) is 5.75 Å². The zero-order valence-electron chi connectivity index (χ0n) is 11.1. The summed E-state index contributed by atoms with van der Waals surface area (Å²) in [6, 6.07) is 9.10. The Bertz CT molecular complexity index is 356. The Morgan fingerprint density at radius 3 is 2.76 bits per heavy atom. The third-order valence-corrected chi connectivity index (χ3v) is 3.24. The highest BCUT2D eigenvalue weighted by molar-refractivity contribution is 5.28. The SMILES string of the molecule is CC1CC(NCc2cccc(OC(C)C)c2)C1. The van der Waals surface area contributed by atoms with E-state index >= 15 is 0 Å². The van der Waals surface area contributed by atoms with Gasteiger partial charge in [-0.05, 0) is 50.3 Å². The highest BCUT2D eigenvalue weighted by Gasteiger charge is 2.24. The fraction of sp³-hybridized carbons (Fsp3) is 0.600. The van der Waals surface area contributed by atoms with Crippen molar-refractivity contribution in [3.63, 3.8) is 0 Å². The van der Waals surface area contributed by atoms with Gasteiger partial charge in [-0.2, -0.15) is 0 Å². The summed E-state index contributed by atoms with van der Waals surface area (Å²) in [6.45, 7) is 7.38. The Morgan fingerprint density at radius 2 is 2.12 bits per heavy atom. The molecule has 0 aliphatic heterocycles. The quantitative estimate of drug-likeness (QED) is 0.842. The Morgan fingerprint density at radius 1 is 1.35 bits per heavy atom. The molecule has 94 valence electrons. The first-order valence-electron chi connectivity index (χ1n) is 6.62. The fourth-order valence-electron chi connectivity index (χ4n) is 2.33. The molecule has 0 unspecified atom stereocenters. The van der Waals surface area contributed by atoms with Crippen LogP contribution in [0.25, 0.3) is 0 Å². The molecule has 17 heavy (non-hydrogen) atoms. The van der Waals surface area contributed by atoms with Gasteiger partial charge in [-0.3, -0.25) is 0 Å². The van der Waals surface area contributed by atoms with Gasteiger partial charge in [0.25, 0.3) is 0 Å². The molecule has 0 amide bonds. The summed E-state index contributed by atoms with van der Waals surface area (Å²) < 4.78 is 5.69. The zero-order valence-corrected chi connectivity index (χ0v) is 11.1. The fourth-order valence-corrected chi connectivity index (χ4v) is 2.33. The summed E-state index contributed by atoms with van der Waals surface area (Å²) >= 11 is 0. The van der Waals surface area contributed by atoms with Gasteiger partial charge in [0, 0.05) is 12.6 Å². The van der Waals surface area contributed by atoms with Crippen molar-refractivity contribution in [3.05, 3.63) is 29.8 Å². The van der Waals surface area contributed by atoms with Crippen molar-refractivity contribution >= 4 is 0 Å². The summed E-state index contributed by atoms with van der Waals surface area (Å²) in [5.74, 6) is 1.88. The van der Waals surface area contributed by atoms with Crippen molar-refractivity contribution in [1.82, 2.24) is 5.32 Å². The Labute approximate surface area is 104 Å². The standard InChI is InChI=1S/C15H23NO/c1-11(2)17-15-6-4-5-13(9-15)10-16-14-7-12(3)8-14/h4-6,9,11-12,14,16H,7-8,10H2,1-3H3. The largest absolute Gasteiger partial charge is 0.491 e. The van der Waals surface area contributed by atoms with Gasteiger partial charge in [-0.1, -0.05) is 19.1 Å². The summed E-state index contributed by atoms with van der Waals surface area (Å²) in [7, 11) is 0. The smallest absolute Gasteiger partial charge is 0.120 e. The highest BCUT2D eigenvalue weighted by Crippen LogP contribution is 2.26. The molecular formula is C15H23NO. The summed E-state index contributed by atoms with van der Waals surface area (Å²) in [6.07, 6.45) is 2.88. The maximum Gasteiger partial charge on any atom is 0.120 e. The van der Waals surface area contributed by atoms with Crippen LogP contribution in [0.15, 0.2) is 24.3 Å². The Hall–Kier alpha value is -1.02. The molecule has 1 saturated carbocycles. The molecule has 1 fully saturated rings. The molecule has 0 saturated heterocycles. The van der Waals surface area contributed by atoms with Crippen LogP contribution < -0.4 is 10.1 Å². The van der Waals surface area contributed by atoms with Gasteiger partial charge in [0.1, 0.15) is 5.75 Å². The van der Waals surface area contributed by atoms with Crippen molar-refractivity contribution in [3.8, 4) is 5.75 Å². The van der Waals surface area contributed by atoms with Gasteiger partial charge in [-0.25, -0.2) is 0 Å². The summed E-state index contributed by atoms with van der Waals surface area (Å²) in [5.41, 5.74) is 1.31. The number of benzene rings is 1. The maximum absolute atomic E-state index is 5.69. The molecule has 0 bridgehead atoms. The van der Waals surface area contributed by atoms with E-state index in [-0.39, 0.29) is 6.10 Å². The number of ether oxygens (including phenoxy) is 1. The lowest BCUT2D eigenvalue weighted by atomic mass is 9.82. The van der Waals surface area contributed by atoms with Gasteiger partial charge in [-0.15, -0.1) is 0 Å². The number of rotatable bonds is 5. The van der Waals surface area contributed by atoms with E-state index in [1.54, 1.807) is 0 Å². The maximum atomic E-state index is 5.69. The van der Waals surface area contributed by atoms with Crippen LogP contribution in [0, 0.1) is 5.92 Å². The van der Waals surface area contributed by atoms with E-state index in [4.69, 9.17) is 4.74 Å². The summed E-state index contributed by atoms with van der Waals surface area (Å²) in [4.78, 5) is 0.